The molecule has 1 atom stereocenters. The molecule has 1 heterocycles. The van der Waals surface area contributed by atoms with Crippen molar-refractivity contribution in [2.75, 3.05) is 0 Å². The molecule has 1 aromatic carbocycles. The third-order valence-electron chi connectivity index (χ3n) is 2.72. The van der Waals surface area contributed by atoms with Gasteiger partial charge in [0.05, 0.1) is 18.3 Å². The minimum atomic E-state index is -0.984. The Morgan fingerprint density at radius 1 is 1.56 bits per heavy atom. The molecule has 16 heavy (non-hydrogen) atoms. The fourth-order valence-corrected chi connectivity index (χ4v) is 1.70. The van der Waals surface area contributed by atoms with Crippen LogP contribution in [0.15, 0.2) is 29.3 Å². The Balaban J connectivity index is 2.48. The largest absolute Gasteiger partial charge is 0.465 e. The SMILES string of the molecule is CC1C(N)=Nc2ccccc2CN1C(=O)O. The standard InChI is InChI=1S/C11H13N3O2/c1-7-10(12)13-9-5-3-2-4-8(9)6-14(7)11(15)16/h2-5,7H,6H2,1H3,(H2,12,13)(H,15,16). The topological polar surface area (TPSA) is 78.9 Å². The molecule has 84 valence electrons. The van der Waals surface area contributed by atoms with Gasteiger partial charge in [-0.1, -0.05) is 18.2 Å². The molecule has 1 unspecified atom stereocenters. The summed E-state index contributed by atoms with van der Waals surface area (Å²) in [6.07, 6.45) is -0.984. The van der Waals surface area contributed by atoms with Crippen molar-refractivity contribution in [3.63, 3.8) is 0 Å². The van der Waals surface area contributed by atoms with E-state index in [0.717, 1.165) is 11.3 Å². The number of benzene rings is 1. The van der Waals surface area contributed by atoms with Gasteiger partial charge in [0.15, 0.2) is 0 Å². The van der Waals surface area contributed by atoms with E-state index in [2.05, 4.69) is 4.99 Å². The van der Waals surface area contributed by atoms with E-state index in [1.807, 2.05) is 24.3 Å². The number of amidine groups is 1. The molecule has 1 amide bonds. The van der Waals surface area contributed by atoms with Gasteiger partial charge in [0.2, 0.25) is 0 Å². The van der Waals surface area contributed by atoms with Gasteiger partial charge in [0.25, 0.3) is 0 Å². The first-order chi connectivity index (χ1) is 7.59. The highest BCUT2D eigenvalue weighted by atomic mass is 16.4. The highest BCUT2D eigenvalue weighted by molar-refractivity contribution is 5.91. The van der Waals surface area contributed by atoms with E-state index < -0.39 is 12.1 Å². The summed E-state index contributed by atoms with van der Waals surface area (Å²) < 4.78 is 0. The first-order valence-corrected chi connectivity index (χ1v) is 5.01. The van der Waals surface area contributed by atoms with E-state index >= 15 is 0 Å². The second kappa shape index (κ2) is 3.84. The summed E-state index contributed by atoms with van der Waals surface area (Å²) in [6.45, 7) is 2.05. The average Bonchev–Trinajstić information content (AvgIpc) is 2.37. The highest BCUT2D eigenvalue weighted by Gasteiger charge is 2.26. The Morgan fingerprint density at radius 2 is 2.25 bits per heavy atom. The van der Waals surface area contributed by atoms with Crippen LogP contribution in [0, 0.1) is 0 Å². The molecular formula is C11H13N3O2. The normalized spacial score (nSPS) is 19.7. The lowest BCUT2D eigenvalue weighted by Crippen LogP contribution is -2.44. The highest BCUT2D eigenvalue weighted by Crippen LogP contribution is 2.24. The number of aliphatic imine (C=N–C) groups is 1. The number of hydrogen-bond acceptors (Lipinski definition) is 3. The molecule has 1 aliphatic rings. The zero-order valence-corrected chi connectivity index (χ0v) is 8.92. The summed E-state index contributed by atoms with van der Waals surface area (Å²) in [4.78, 5) is 16.6. The number of amides is 1. The van der Waals surface area contributed by atoms with Crippen molar-refractivity contribution in [2.24, 2.45) is 10.7 Å². The zero-order valence-electron chi connectivity index (χ0n) is 8.92. The van der Waals surface area contributed by atoms with Crippen molar-refractivity contribution in [1.29, 1.82) is 0 Å². The van der Waals surface area contributed by atoms with Crippen LogP contribution in [-0.2, 0) is 6.54 Å². The van der Waals surface area contributed by atoms with Gasteiger partial charge in [0, 0.05) is 0 Å². The summed E-state index contributed by atoms with van der Waals surface area (Å²) in [7, 11) is 0. The van der Waals surface area contributed by atoms with Gasteiger partial charge in [0.1, 0.15) is 5.84 Å². The summed E-state index contributed by atoms with van der Waals surface area (Å²) in [5.74, 6) is 0.326. The van der Waals surface area contributed by atoms with Crippen LogP contribution in [0.2, 0.25) is 0 Å². The molecule has 1 aromatic rings. The zero-order chi connectivity index (χ0) is 11.7. The number of rotatable bonds is 0. The van der Waals surface area contributed by atoms with Gasteiger partial charge in [-0.2, -0.15) is 0 Å². The molecular weight excluding hydrogens is 206 g/mol. The van der Waals surface area contributed by atoms with Crippen LogP contribution >= 0.6 is 0 Å². The molecule has 0 saturated carbocycles. The van der Waals surface area contributed by atoms with Crippen molar-refractivity contribution >= 4 is 17.6 Å². The van der Waals surface area contributed by atoms with Gasteiger partial charge in [-0.25, -0.2) is 9.79 Å². The molecule has 5 heteroatoms. The number of carboxylic acid groups (broad SMARTS) is 1. The molecule has 0 aliphatic carbocycles. The maximum absolute atomic E-state index is 11.1. The molecule has 0 saturated heterocycles. The lowest BCUT2D eigenvalue weighted by atomic mass is 10.1. The Bertz CT molecular complexity index is 456. The first-order valence-electron chi connectivity index (χ1n) is 5.01. The molecule has 0 aromatic heterocycles. The third-order valence-corrected chi connectivity index (χ3v) is 2.72. The third kappa shape index (κ3) is 1.71. The van der Waals surface area contributed by atoms with Gasteiger partial charge < -0.3 is 10.8 Å². The fraction of sp³-hybridized carbons (Fsp3) is 0.273. The Morgan fingerprint density at radius 3 is 2.94 bits per heavy atom. The minimum absolute atomic E-state index is 0.316. The van der Waals surface area contributed by atoms with E-state index in [1.165, 1.54) is 4.90 Å². The average molecular weight is 219 g/mol. The number of para-hydroxylation sites is 1. The quantitative estimate of drug-likeness (QED) is 0.694. The molecule has 3 N–H and O–H groups in total. The smallest absolute Gasteiger partial charge is 0.408 e. The first kappa shape index (κ1) is 10.5. The van der Waals surface area contributed by atoms with Crippen molar-refractivity contribution in [1.82, 2.24) is 4.90 Å². The number of nitrogens with two attached hydrogens (primary N) is 1. The molecule has 0 fully saturated rings. The van der Waals surface area contributed by atoms with Gasteiger partial charge >= 0.3 is 6.09 Å². The monoisotopic (exact) mass is 219 g/mol. The van der Waals surface area contributed by atoms with Crippen molar-refractivity contribution in [3.8, 4) is 0 Å². The summed E-state index contributed by atoms with van der Waals surface area (Å²) in [5.41, 5.74) is 7.38. The fourth-order valence-electron chi connectivity index (χ4n) is 1.70. The molecule has 5 nitrogen and oxygen atoms in total. The van der Waals surface area contributed by atoms with Crippen LogP contribution in [0.4, 0.5) is 10.5 Å². The van der Waals surface area contributed by atoms with Gasteiger partial charge in [-0.15, -0.1) is 0 Å². The van der Waals surface area contributed by atoms with E-state index in [0.29, 0.717) is 12.4 Å². The molecule has 0 radical (unpaired) electrons. The van der Waals surface area contributed by atoms with E-state index in [-0.39, 0.29) is 0 Å². The second-order valence-corrected chi connectivity index (χ2v) is 3.75. The maximum atomic E-state index is 11.1. The lowest BCUT2D eigenvalue weighted by Gasteiger charge is -2.23. The van der Waals surface area contributed by atoms with Gasteiger partial charge in [-0.3, -0.25) is 4.90 Å². The maximum Gasteiger partial charge on any atom is 0.408 e. The number of nitrogens with zero attached hydrogens (tertiary/aromatic N) is 2. The van der Waals surface area contributed by atoms with E-state index in [4.69, 9.17) is 10.8 Å². The molecule has 1 aliphatic heterocycles. The van der Waals surface area contributed by atoms with Crippen molar-refractivity contribution in [3.05, 3.63) is 29.8 Å². The van der Waals surface area contributed by atoms with Crippen LogP contribution in [-0.4, -0.2) is 28.0 Å². The van der Waals surface area contributed by atoms with Crippen molar-refractivity contribution < 1.29 is 9.90 Å². The number of carbonyl (C=O) groups is 1. The van der Waals surface area contributed by atoms with Crippen LogP contribution in [0.3, 0.4) is 0 Å². The van der Waals surface area contributed by atoms with E-state index in [1.54, 1.807) is 6.92 Å². The van der Waals surface area contributed by atoms with Crippen LogP contribution in [0.25, 0.3) is 0 Å². The summed E-state index contributed by atoms with van der Waals surface area (Å²) >= 11 is 0. The Kier molecular flexibility index (Phi) is 2.52. The predicted octanol–water partition coefficient (Wildman–Crippen LogP) is 1.56. The molecule has 0 spiro atoms. The number of fused-ring (bicyclic) bond motifs is 1. The molecule has 2 rings (SSSR count). The minimum Gasteiger partial charge on any atom is -0.465 e. The van der Waals surface area contributed by atoms with Gasteiger partial charge in [-0.05, 0) is 18.6 Å². The van der Waals surface area contributed by atoms with Crippen LogP contribution < -0.4 is 5.73 Å². The predicted molar refractivity (Wildman–Crippen MR) is 60.8 cm³/mol. The lowest BCUT2D eigenvalue weighted by molar-refractivity contribution is 0.137. The second-order valence-electron chi connectivity index (χ2n) is 3.75. The Labute approximate surface area is 93.2 Å². The summed E-state index contributed by atoms with van der Waals surface area (Å²) in [6, 6.07) is 7.02. The summed E-state index contributed by atoms with van der Waals surface area (Å²) in [5, 5.41) is 9.09. The number of hydrogen-bond donors (Lipinski definition) is 2. The van der Waals surface area contributed by atoms with Crippen LogP contribution in [0.5, 0.6) is 0 Å². The van der Waals surface area contributed by atoms with Crippen LogP contribution in [0.1, 0.15) is 12.5 Å². The molecule has 0 bridgehead atoms. The van der Waals surface area contributed by atoms with E-state index in [9.17, 15) is 4.79 Å². The van der Waals surface area contributed by atoms with Crippen molar-refractivity contribution in [2.45, 2.75) is 19.5 Å². The Hall–Kier alpha value is -2.04.